The van der Waals surface area contributed by atoms with E-state index in [0.29, 0.717) is 6.17 Å². The first-order chi connectivity index (χ1) is 12.9. The molecule has 0 aromatic heterocycles. The van der Waals surface area contributed by atoms with E-state index in [1.807, 2.05) is 12.4 Å². The number of unbranched alkanes of at least 4 members (excludes halogenated alkanes) is 12. The largest absolute Gasteiger partial charge is 0.395 e. The van der Waals surface area contributed by atoms with Gasteiger partial charge in [0.25, 0.3) is 0 Å². The van der Waals surface area contributed by atoms with Gasteiger partial charge in [0, 0.05) is 18.9 Å². The van der Waals surface area contributed by atoms with Crippen LogP contribution in [-0.4, -0.2) is 29.3 Å². The number of hydrogen-bond acceptors (Lipinski definition) is 3. The van der Waals surface area contributed by atoms with Crippen LogP contribution in [0.5, 0.6) is 0 Å². The molecule has 0 bridgehead atoms. The molecule has 3 heteroatoms. The summed E-state index contributed by atoms with van der Waals surface area (Å²) in [6.45, 7) is 3.23. The van der Waals surface area contributed by atoms with Gasteiger partial charge < -0.3 is 15.3 Å². The normalized spacial score (nSPS) is 16.7. The Labute approximate surface area is 162 Å². The van der Waals surface area contributed by atoms with Crippen molar-refractivity contribution in [1.82, 2.24) is 10.2 Å². The van der Waals surface area contributed by atoms with E-state index in [1.165, 1.54) is 89.9 Å². The van der Waals surface area contributed by atoms with Crippen molar-refractivity contribution >= 4 is 0 Å². The van der Waals surface area contributed by atoms with Crippen molar-refractivity contribution in [3.8, 4) is 0 Å². The van der Waals surface area contributed by atoms with Crippen molar-refractivity contribution in [2.24, 2.45) is 0 Å². The van der Waals surface area contributed by atoms with Gasteiger partial charge in [-0.05, 0) is 32.1 Å². The van der Waals surface area contributed by atoms with Gasteiger partial charge in [0.15, 0.2) is 0 Å². The summed E-state index contributed by atoms with van der Waals surface area (Å²) in [6, 6.07) is 0. The number of allylic oxidation sites excluding steroid dienone is 2. The summed E-state index contributed by atoms with van der Waals surface area (Å²) in [6.07, 6.45) is 29.5. The van der Waals surface area contributed by atoms with Crippen LogP contribution in [0.1, 0.15) is 103 Å². The molecule has 0 aromatic rings. The quantitative estimate of drug-likeness (QED) is 0.227. The second kappa shape index (κ2) is 17.5. The maximum Gasteiger partial charge on any atom is 0.0982 e. The standard InChI is InChI=1S/C23H44N2O/c1-2-3-4-5-6-7-8-9-10-11-12-13-14-15-16-17-18-23-24-19-20-25(23)21-22-26/h14-15,19-20,23-24,26H,2-13,16-18,21-22H2,1H3/b15-14+. The van der Waals surface area contributed by atoms with E-state index in [4.69, 9.17) is 5.11 Å². The van der Waals surface area contributed by atoms with Crippen LogP contribution in [0.2, 0.25) is 0 Å². The minimum absolute atomic E-state index is 0.224. The van der Waals surface area contributed by atoms with Gasteiger partial charge in [-0.3, -0.25) is 0 Å². The lowest BCUT2D eigenvalue weighted by molar-refractivity contribution is 0.194. The van der Waals surface area contributed by atoms with E-state index < -0.39 is 0 Å². The van der Waals surface area contributed by atoms with Gasteiger partial charge in [0.05, 0.1) is 12.8 Å². The SMILES string of the molecule is CCCCCCCCCCCCC/C=C/CCCC1NC=CN1CCO. The van der Waals surface area contributed by atoms with Crippen LogP contribution in [0.15, 0.2) is 24.6 Å². The first kappa shape index (κ1) is 23.1. The molecule has 0 aliphatic carbocycles. The molecule has 0 radical (unpaired) electrons. The van der Waals surface area contributed by atoms with Crippen molar-refractivity contribution in [3.05, 3.63) is 24.6 Å². The molecular weight excluding hydrogens is 320 g/mol. The molecule has 1 rings (SSSR count). The Morgan fingerprint density at radius 2 is 1.42 bits per heavy atom. The molecule has 0 saturated carbocycles. The van der Waals surface area contributed by atoms with Gasteiger partial charge in [-0.1, -0.05) is 83.3 Å². The van der Waals surface area contributed by atoms with Crippen LogP contribution in [0.4, 0.5) is 0 Å². The Morgan fingerprint density at radius 1 is 0.846 bits per heavy atom. The maximum absolute atomic E-state index is 9.04. The van der Waals surface area contributed by atoms with E-state index >= 15 is 0 Å². The lowest BCUT2D eigenvalue weighted by atomic mass is 10.1. The zero-order chi connectivity index (χ0) is 18.7. The molecule has 0 spiro atoms. The van der Waals surface area contributed by atoms with Crippen LogP contribution < -0.4 is 5.32 Å². The Balaban J connectivity index is 1.80. The number of nitrogens with zero attached hydrogens (tertiary/aromatic N) is 1. The molecular formula is C23H44N2O. The maximum atomic E-state index is 9.04. The Bertz CT molecular complexity index is 354. The van der Waals surface area contributed by atoms with E-state index in [2.05, 4.69) is 29.3 Å². The average molecular weight is 365 g/mol. The van der Waals surface area contributed by atoms with E-state index in [-0.39, 0.29) is 6.61 Å². The van der Waals surface area contributed by atoms with E-state index in [9.17, 15) is 0 Å². The van der Waals surface area contributed by atoms with Gasteiger partial charge in [-0.2, -0.15) is 0 Å². The van der Waals surface area contributed by atoms with E-state index in [0.717, 1.165) is 13.0 Å². The highest BCUT2D eigenvalue weighted by Gasteiger charge is 2.16. The highest BCUT2D eigenvalue weighted by Crippen LogP contribution is 2.13. The van der Waals surface area contributed by atoms with Crippen LogP contribution in [0.25, 0.3) is 0 Å². The first-order valence-electron chi connectivity index (χ1n) is 11.3. The van der Waals surface area contributed by atoms with Crippen molar-refractivity contribution < 1.29 is 5.11 Å². The molecule has 1 atom stereocenters. The molecule has 26 heavy (non-hydrogen) atoms. The Kier molecular flexibility index (Phi) is 15.5. The third-order valence-electron chi connectivity index (χ3n) is 5.30. The summed E-state index contributed by atoms with van der Waals surface area (Å²) in [5, 5.41) is 12.4. The zero-order valence-corrected chi connectivity index (χ0v) is 17.3. The molecule has 0 saturated heterocycles. The van der Waals surface area contributed by atoms with Crippen molar-refractivity contribution in [2.45, 2.75) is 109 Å². The second-order valence-electron chi connectivity index (χ2n) is 7.69. The van der Waals surface area contributed by atoms with Gasteiger partial charge in [0.2, 0.25) is 0 Å². The average Bonchev–Trinajstić information content (AvgIpc) is 3.09. The fourth-order valence-electron chi connectivity index (χ4n) is 3.64. The third kappa shape index (κ3) is 12.4. The number of hydrogen-bond donors (Lipinski definition) is 2. The van der Waals surface area contributed by atoms with Gasteiger partial charge >= 0.3 is 0 Å². The zero-order valence-electron chi connectivity index (χ0n) is 17.3. The van der Waals surface area contributed by atoms with E-state index in [1.54, 1.807) is 0 Å². The molecule has 0 fully saturated rings. The minimum atomic E-state index is 0.224. The summed E-state index contributed by atoms with van der Waals surface area (Å²) in [5.41, 5.74) is 0. The van der Waals surface area contributed by atoms with Crippen LogP contribution in [0, 0.1) is 0 Å². The lowest BCUT2D eigenvalue weighted by Crippen LogP contribution is -2.36. The predicted octanol–water partition coefficient (Wildman–Crippen LogP) is 6.11. The molecule has 1 unspecified atom stereocenters. The molecule has 1 aliphatic rings. The van der Waals surface area contributed by atoms with Crippen molar-refractivity contribution in [3.63, 3.8) is 0 Å². The molecule has 0 amide bonds. The smallest absolute Gasteiger partial charge is 0.0982 e. The second-order valence-corrected chi connectivity index (χ2v) is 7.69. The number of aliphatic hydroxyl groups excluding tert-OH is 1. The van der Waals surface area contributed by atoms with Crippen molar-refractivity contribution in [2.75, 3.05) is 13.2 Å². The van der Waals surface area contributed by atoms with Crippen LogP contribution in [-0.2, 0) is 0 Å². The number of nitrogens with one attached hydrogen (secondary N) is 1. The summed E-state index contributed by atoms with van der Waals surface area (Å²) >= 11 is 0. The van der Waals surface area contributed by atoms with Crippen molar-refractivity contribution in [1.29, 1.82) is 0 Å². The fourth-order valence-corrected chi connectivity index (χ4v) is 3.64. The molecule has 2 N–H and O–H groups in total. The predicted molar refractivity (Wildman–Crippen MR) is 114 cm³/mol. The molecule has 1 heterocycles. The highest BCUT2D eigenvalue weighted by molar-refractivity contribution is 4.94. The summed E-state index contributed by atoms with van der Waals surface area (Å²) in [4.78, 5) is 2.19. The Hall–Kier alpha value is -0.960. The van der Waals surface area contributed by atoms with Crippen LogP contribution >= 0.6 is 0 Å². The topological polar surface area (TPSA) is 35.5 Å². The fraction of sp³-hybridized carbons (Fsp3) is 0.826. The number of rotatable bonds is 18. The van der Waals surface area contributed by atoms with Gasteiger partial charge in [-0.15, -0.1) is 0 Å². The first-order valence-corrected chi connectivity index (χ1v) is 11.3. The summed E-state index contributed by atoms with van der Waals surface area (Å²) < 4.78 is 0. The summed E-state index contributed by atoms with van der Waals surface area (Å²) in [5.74, 6) is 0. The monoisotopic (exact) mass is 364 g/mol. The number of β-amino-alcohol motifs (C(OH)–C–C–N with tert-alkyl or cyclic N) is 1. The van der Waals surface area contributed by atoms with Gasteiger partial charge in [-0.25, -0.2) is 0 Å². The molecule has 1 aliphatic heterocycles. The minimum Gasteiger partial charge on any atom is -0.395 e. The number of aliphatic hydroxyl groups is 1. The third-order valence-corrected chi connectivity index (χ3v) is 5.30. The molecule has 3 nitrogen and oxygen atoms in total. The van der Waals surface area contributed by atoms with Gasteiger partial charge in [0.1, 0.15) is 0 Å². The lowest BCUT2D eigenvalue weighted by Gasteiger charge is -2.24. The molecule has 0 aromatic carbocycles. The summed E-state index contributed by atoms with van der Waals surface area (Å²) in [7, 11) is 0. The highest BCUT2D eigenvalue weighted by atomic mass is 16.3. The molecule has 152 valence electrons. The Morgan fingerprint density at radius 3 is 2.04 bits per heavy atom. The van der Waals surface area contributed by atoms with Crippen LogP contribution in [0.3, 0.4) is 0 Å².